The third-order valence-electron chi connectivity index (χ3n) is 7.39. The van der Waals surface area contributed by atoms with E-state index in [1.165, 1.54) is 38.3 Å². The van der Waals surface area contributed by atoms with E-state index in [2.05, 4.69) is 63.2 Å². The van der Waals surface area contributed by atoms with Gasteiger partial charge in [0.25, 0.3) is 0 Å². The summed E-state index contributed by atoms with van der Waals surface area (Å²) in [5.74, 6) is 1.96. The van der Waals surface area contributed by atoms with Crippen molar-refractivity contribution in [2.24, 2.45) is 5.92 Å². The molecule has 1 aromatic carbocycles. The van der Waals surface area contributed by atoms with Crippen molar-refractivity contribution < 1.29 is 16.8 Å². The van der Waals surface area contributed by atoms with Gasteiger partial charge in [-0.25, -0.2) is 23.4 Å². The normalized spacial score (nSPS) is 17.8. The Hall–Kier alpha value is -3.62. The maximum absolute atomic E-state index is 12.4. The van der Waals surface area contributed by atoms with Gasteiger partial charge in [-0.05, 0) is 42.0 Å². The molecule has 4 aromatic rings. The van der Waals surface area contributed by atoms with Gasteiger partial charge in [0.2, 0.25) is 0 Å². The number of sulfone groups is 1. The summed E-state index contributed by atoms with van der Waals surface area (Å²) in [6.07, 6.45) is 7.49. The topological polar surface area (TPSA) is 143 Å². The van der Waals surface area contributed by atoms with Crippen molar-refractivity contribution in [2.45, 2.75) is 32.7 Å². The highest BCUT2D eigenvalue weighted by molar-refractivity contribution is 7.90. The number of benzene rings is 1. The molecule has 41 heavy (non-hydrogen) atoms. The number of pyridine rings is 1. The molecular weight excluding hydrogens is 564 g/mol. The molecule has 0 saturated carbocycles. The Bertz CT molecular complexity index is 1820. The zero-order valence-electron chi connectivity index (χ0n) is 23.8. The summed E-state index contributed by atoms with van der Waals surface area (Å²) in [5, 5.41) is 9.27. The fraction of sp³-hybridized carbons (Fsp3) is 0.407. The number of fused-ring (bicyclic) bond motifs is 1. The van der Waals surface area contributed by atoms with Crippen molar-refractivity contribution in [1.29, 1.82) is 0 Å². The Morgan fingerprint density at radius 2 is 1.80 bits per heavy atom. The van der Waals surface area contributed by atoms with Crippen LogP contribution in [0.15, 0.2) is 49.1 Å². The Labute approximate surface area is 240 Å². The van der Waals surface area contributed by atoms with Crippen LogP contribution in [0.2, 0.25) is 0 Å². The van der Waals surface area contributed by atoms with Crippen LogP contribution in [0.3, 0.4) is 0 Å². The van der Waals surface area contributed by atoms with Crippen LogP contribution in [-0.4, -0.2) is 84.0 Å². The minimum Gasteiger partial charge on any atom is -0.368 e. The molecule has 1 fully saturated rings. The summed E-state index contributed by atoms with van der Waals surface area (Å²) in [4.78, 5) is 15.7. The summed E-state index contributed by atoms with van der Waals surface area (Å²) < 4.78 is 50.4. The molecule has 12 nitrogen and oxygen atoms in total. The van der Waals surface area contributed by atoms with Gasteiger partial charge < -0.3 is 10.2 Å². The van der Waals surface area contributed by atoms with E-state index < -0.39 is 20.0 Å². The number of hydrogen-bond acceptors (Lipinski definition) is 10. The van der Waals surface area contributed by atoms with Crippen LogP contribution < -0.4 is 10.2 Å². The fourth-order valence-corrected chi connectivity index (χ4v) is 6.98. The van der Waals surface area contributed by atoms with Crippen molar-refractivity contribution in [3.05, 3.63) is 54.6 Å². The van der Waals surface area contributed by atoms with Gasteiger partial charge in [-0.2, -0.15) is 21.9 Å². The first-order valence-corrected chi connectivity index (χ1v) is 16.7. The smallest absolute Gasteiger partial charge is 0.322 e. The molecule has 0 spiro atoms. The van der Waals surface area contributed by atoms with Crippen molar-refractivity contribution >= 4 is 48.1 Å². The van der Waals surface area contributed by atoms with Crippen molar-refractivity contribution in [2.75, 3.05) is 42.9 Å². The quantitative estimate of drug-likeness (QED) is 0.305. The second kappa shape index (κ2) is 10.7. The molecule has 5 rings (SSSR count). The molecule has 1 saturated heterocycles. The average molecular weight is 599 g/mol. The summed E-state index contributed by atoms with van der Waals surface area (Å²) >= 11 is 0. The predicted octanol–water partition coefficient (Wildman–Crippen LogP) is 3.28. The maximum Gasteiger partial charge on any atom is 0.322 e. The minimum absolute atomic E-state index is 0.0979. The highest BCUT2D eigenvalue weighted by Crippen LogP contribution is 2.39. The average Bonchev–Trinajstić information content (AvgIpc) is 3.41. The van der Waals surface area contributed by atoms with E-state index in [9.17, 15) is 16.8 Å². The maximum atomic E-state index is 12.4. The first-order valence-electron chi connectivity index (χ1n) is 13.2. The summed E-state index contributed by atoms with van der Waals surface area (Å²) in [6.45, 7) is 7.03. The van der Waals surface area contributed by atoms with Crippen LogP contribution in [0.5, 0.6) is 0 Å². The van der Waals surface area contributed by atoms with Crippen LogP contribution in [0.25, 0.3) is 22.2 Å². The molecule has 218 valence electrons. The molecule has 0 bridgehead atoms. The molecule has 1 aliphatic heterocycles. The summed E-state index contributed by atoms with van der Waals surface area (Å²) in [6, 6.07) is 8.04. The lowest BCUT2D eigenvalue weighted by Gasteiger charge is -2.48. The lowest BCUT2D eigenvalue weighted by molar-refractivity contribution is 0.342. The van der Waals surface area contributed by atoms with E-state index in [0.29, 0.717) is 29.6 Å². The molecule has 1 aliphatic rings. The molecule has 0 radical (unpaired) electrons. The highest BCUT2D eigenvalue weighted by Gasteiger charge is 2.38. The molecule has 0 unspecified atom stereocenters. The lowest BCUT2D eigenvalue weighted by Crippen LogP contribution is -2.57. The SMILES string of the molecule is CC(C)c1ccc(N2C[C@H](CS(C)(=O)=O)[C@H]2C)c2cnc(Nc3ccnc(-c4cnn(S(=O)(=O)N(C)C)c4)n3)cc12. The Morgan fingerprint density at radius 3 is 2.46 bits per heavy atom. The Balaban J connectivity index is 1.44. The van der Waals surface area contributed by atoms with E-state index in [0.717, 1.165) is 24.9 Å². The van der Waals surface area contributed by atoms with Crippen LogP contribution in [-0.2, 0) is 20.0 Å². The van der Waals surface area contributed by atoms with Gasteiger partial charge in [0, 0.05) is 62.3 Å². The number of nitrogens with one attached hydrogen (secondary N) is 1. The number of aromatic nitrogens is 5. The van der Waals surface area contributed by atoms with Crippen LogP contribution in [0.4, 0.5) is 17.3 Å². The third-order valence-corrected chi connectivity index (χ3v) is 10.0. The molecule has 1 N–H and O–H groups in total. The van der Waals surface area contributed by atoms with Gasteiger partial charge >= 0.3 is 10.2 Å². The fourth-order valence-electron chi connectivity index (χ4n) is 5.07. The summed E-state index contributed by atoms with van der Waals surface area (Å²) in [5.41, 5.74) is 2.66. The van der Waals surface area contributed by atoms with Crippen LogP contribution >= 0.6 is 0 Å². The van der Waals surface area contributed by atoms with E-state index >= 15 is 0 Å². The third kappa shape index (κ3) is 5.76. The Morgan fingerprint density at radius 1 is 1.05 bits per heavy atom. The van der Waals surface area contributed by atoms with E-state index in [4.69, 9.17) is 0 Å². The molecule has 14 heteroatoms. The molecular formula is C27H34N8O4S2. The molecule has 3 aromatic heterocycles. The summed E-state index contributed by atoms with van der Waals surface area (Å²) in [7, 11) is -3.92. The second-order valence-corrected chi connectivity index (χ2v) is 15.2. The van der Waals surface area contributed by atoms with Crippen LogP contribution in [0, 0.1) is 5.92 Å². The van der Waals surface area contributed by atoms with Gasteiger partial charge in [-0.3, -0.25) is 0 Å². The molecule has 4 heterocycles. The van der Waals surface area contributed by atoms with E-state index in [-0.39, 0.29) is 23.6 Å². The second-order valence-electron chi connectivity index (χ2n) is 11.0. The van der Waals surface area contributed by atoms with E-state index in [1.807, 2.05) is 12.3 Å². The van der Waals surface area contributed by atoms with Gasteiger partial charge in [-0.15, -0.1) is 0 Å². The standard InChI is InChI=1S/C27H34N8O4S2/c1-17(2)21-7-8-24(34-14-20(18(34)3)16-40(6,36)37)23-13-29-26(11-22(21)23)31-25-9-10-28-27(32-25)19-12-30-35(15-19)41(38,39)33(4)5/h7-13,15,17-18,20H,14,16H2,1-6H3,(H,28,29,31,32)/t18-,20-/m1/s1. The highest BCUT2D eigenvalue weighted by atomic mass is 32.2. The first kappa shape index (κ1) is 28.9. The number of rotatable bonds is 9. The van der Waals surface area contributed by atoms with Gasteiger partial charge in [0.1, 0.15) is 21.5 Å². The van der Waals surface area contributed by atoms with Crippen molar-refractivity contribution in [3.8, 4) is 11.4 Å². The zero-order valence-corrected chi connectivity index (χ0v) is 25.5. The Kier molecular flexibility index (Phi) is 7.51. The monoisotopic (exact) mass is 598 g/mol. The van der Waals surface area contributed by atoms with Gasteiger partial charge in [0.15, 0.2) is 5.82 Å². The number of nitrogens with zero attached hydrogens (tertiary/aromatic N) is 7. The molecule has 0 aliphatic carbocycles. The van der Waals surface area contributed by atoms with E-state index in [1.54, 1.807) is 12.3 Å². The number of anilines is 3. The van der Waals surface area contributed by atoms with Gasteiger partial charge in [-0.1, -0.05) is 19.9 Å². The largest absolute Gasteiger partial charge is 0.368 e. The molecule has 0 amide bonds. The van der Waals surface area contributed by atoms with Crippen molar-refractivity contribution in [1.82, 2.24) is 28.4 Å². The van der Waals surface area contributed by atoms with Crippen LogP contribution in [0.1, 0.15) is 32.3 Å². The first-order chi connectivity index (χ1) is 19.2. The number of hydrogen-bond donors (Lipinski definition) is 1. The molecule has 2 atom stereocenters. The zero-order chi connectivity index (χ0) is 29.7. The van der Waals surface area contributed by atoms with Gasteiger partial charge in [0.05, 0.1) is 23.7 Å². The minimum atomic E-state index is -3.75. The predicted molar refractivity (Wildman–Crippen MR) is 160 cm³/mol. The van der Waals surface area contributed by atoms with Crippen molar-refractivity contribution in [3.63, 3.8) is 0 Å². The lowest BCUT2D eigenvalue weighted by atomic mass is 9.88.